The number of hydrogen-bond acceptors (Lipinski definition) is 3. The molecule has 0 fully saturated rings. The number of nitrogens with zero attached hydrogens (tertiary/aromatic N) is 1. The zero-order valence-corrected chi connectivity index (χ0v) is 12.5. The second kappa shape index (κ2) is 5.62. The molecule has 4 heteroatoms. The maximum Gasteiger partial charge on any atom is 0.137 e. The number of methoxy groups -OCH3 is 2. The molecule has 0 bridgehead atoms. The van der Waals surface area contributed by atoms with E-state index < -0.39 is 0 Å². The summed E-state index contributed by atoms with van der Waals surface area (Å²) in [6.45, 7) is 0. The summed E-state index contributed by atoms with van der Waals surface area (Å²) >= 11 is 6.17. The molecular weight excluding hydrogens is 286 g/mol. The molecule has 0 aliphatic carbocycles. The van der Waals surface area contributed by atoms with Gasteiger partial charge in [0.25, 0.3) is 0 Å². The van der Waals surface area contributed by atoms with E-state index in [0.717, 1.165) is 27.8 Å². The van der Waals surface area contributed by atoms with Crippen molar-refractivity contribution >= 4 is 22.4 Å². The Labute approximate surface area is 128 Å². The lowest BCUT2D eigenvalue weighted by Crippen LogP contribution is -1.88. The van der Waals surface area contributed by atoms with Crippen LogP contribution in [0.4, 0.5) is 0 Å². The molecule has 1 aromatic heterocycles. The van der Waals surface area contributed by atoms with Crippen LogP contribution in [0.3, 0.4) is 0 Å². The third kappa shape index (κ3) is 2.65. The summed E-state index contributed by atoms with van der Waals surface area (Å²) in [5, 5.41) is 2.72. The average Bonchev–Trinajstić information content (AvgIpc) is 2.53. The van der Waals surface area contributed by atoms with Gasteiger partial charge in [0.15, 0.2) is 0 Å². The van der Waals surface area contributed by atoms with Crippen molar-refractivity contribution in [1.29, 1.82) is 0 Å². The van der Waals surface area contributed by atoms with E-state index in [-0.39, 0.29) is 0 Å². The number of fused-ring (bicyclic) bond motifs is 1. The van der Waals surface area contributed by atoms with Crippen LogP contribution in [-0.4, -0.2) is 19.2 Å². The molecule has 0 radical (unpaired) electrons. The molecule has 3 nitrogen and oxygen atoms in total. The Hall–Kier alpha value is -2.26. The topological polar surface area (TPSA) is 31.4 Å². The highest BCUT2D eigenvalue weighted by Gasteiger charge is 2.06. The highest BCUT2D eigenvalue weighted by atomic mass is 35.5. The van der Waals surface area contributed by atoms with Gasteiger partial charge < -0.3 is 9.47 Å². The molecular formula is C17H14ClNO2. The molecule has 3 rings (SSSR count). The Morgan fingerprint density at radius 3 is 2.48 bits per heavy atom. The molecule has 21 heavy (non-hydrogen) atoms. The van der Waals surface area contributed by atoms with Crippen LogP contribution in [0.2, 0.25) is 5.02 Å². The molecule has 0 unspecified atom stereocenters. The minimum Gasteiger partial charge on any atom is -0.497 e. The van der Waals surface area contributed by atoms with Crippen LogP contribution in [0.5, 0.6) is 11.5 Å². The first kappa shape index (κ1) is 13.7. The van der Waals surface area contributed by atoms with Crippen LogP contribution in [0, 0.1) is 0 Å². The molecule has 3 aromatic rings. The summed E-state index contributed by atoms with van der Waals surface area (Å²) in [5.41, 5.74) is 1.81. The molecule has 0 aliphatic rings. The van der Waals surface area contributed by atoms with Gasteiger partial charge in [0.05, 0.1) is 24.9 Å². The highest BCUT2D eigenvalue weighted by molar-refractivity contribution is 6.32. The van der Waals surface area contributed by atoms with Crippen LogP contribution in [0.25, 0.3) is 22.0 Å². The van der Waals surface area contributed by atoms with Crippen molar-refractivity contribution in [3.05, 3.63) is 53.7 Å². The van der Waals surface area contributed by atoms with Gasteiger partial charge in [-0.2, -0.15) is 0 Å². The first-order chi connectivity index (χ1) is 10.2. The normalized spacial score (nSPS) is 10.6. The van der Waals surface area contributed by atoms with Crippen molar-refractivity contribution in [2.75, 3.05) is 14.2 Å². The first-order valence-electron chi connectivity index (χ1n) is 6.49. The van der Waals surface area contributed by atoms with Crippen LogP contribution >= 0.6 is 11.6 Å². The molecule has 0 N–H and O–H groups in total. The number of pyridine rings is 1. The van der Waals surface area contributed by atoms with E-state index in [2.05, 4.69) is 4.98 Å². The Morgan fingerprint density at radius 2 is 1.76 bits per heavy atom. The van der Waals surface area contributed by atoms with Crippen molar-refractivity contribution in [2.45, 2.75) is 0 Å². The summed E-state index contributed by atoms with van der Waals surface area (Å²) in [6.07, 6.45) is 1.85. The van der Waals surface area contributed by atoms with Gasteiger partial charge in [-0.25, -0.2) is 0 Å². The van der Waals surface area contributed by atoms with Gasteiger partial charge in [-0.3, -0.25) is 4.98 Å². The summed E-state index contributed by atoms with van der Waals surface area (Å²) in [4.78, 5) is 4.49. The van der Waals surface area contributed by atoms with Crippen molar-refractivity contribution in [1.82, 2.24) is 4.98 Å². The van der Waals surface area contributed by atoms with Crippen LogP contribution in [0.15, 0.2) is 48.7 Å². The standard InChI is InChI=1S/C17H14ClNO2/c1-20-14-5-3-12-10-19-16(9-13(12)7-14)11-4-6-17(21-2)15(18)8-11/h3-10H,1-2H3. The number of rotatable bonds is 3. The fourth-order valence-electron chi connectivity index (χ4n) is 2.23. The monoisotopic (exact) mass is 299 g/mol. The third-order valence-corrected chi connectivity index (χ3v) is 3.67. The Morgan fingerprint density at radius 1 is 0.905 bits per heavy atom. The Kier molecular flexibility index (Phi) is 3.67. The second-order valence-corrected chi connectivity index (χ2v) is 5.04. The molecule has 0 saturated carbocycles. The number of halogens is 1. The third-order valence-electron chi connectivity index (χ3n) is 3.38. The van der Waals surface area contributed by atoms with Gasteiger partial charge in [-0.15, -0.1) is 0 Å². The SMILES string of the molecule is COc1ccc2cnc(-c3ccc(OC)c(Cl)c3)cc2c1. The van der Waals surface area contributed by atoms with Crippen LogP contribution in [0.1, 0.15) is 0 Å². The van der Waals surface area contributed by atoms with Gasteiger partial charge in [0, 0.05) is 17.1 Å². The van der Waals surface area contributed by atoms with E-state index in [1.54, 1.807) is 14.2 Å². The van der Waals surface area contributed by atoms with E-state index in [4.69, 9.17) is 21.1 Å². The zero-order valence-electron chi connectivity index (χ0n) is 11.8. The minimum absolute atomic E-state index is 0.572. The van der Waals surface area contributed by atoms with Gasteiger partial charge in [0.2, 0.25) is 0 Å². The molecule has 1 heterocycles. The highest BCUT2D eigenvalue weighted by Crippen LogP contribution is 2.31. The maximum atomic E-state index is 6.17. The van der Waals surface area contributed by atoms with E-state index in [1.165, 1.54) is 0 Å². The molecule has 106 valence electrons. The fourth-order valence-corrected chi connectivity index (χ4v) is 2.49. The largest absolute Gasteiger partial charge is 0.497 e. The summed E-state index contributed by atoms with van der Waals surface area (Å²) in [7, 11) is 3.26. The van der Waals surface area contributed by atoms with Gasteiger partial charge in [-0.1, -0.05) is 11.6 Å². The van der Waals surface area contributed by atoms with Gasteiger partial charge >= 0.3 is 0 Å². The summed E-state index contributed by atoms with van der Waals surface area (Å²) in [5.74, 6) is 1.48. The van der Waals surface area contributed by atoms with Crippen LogP contribution in [-0.2, 0) is 0 Å². The number of hydrogen-bond donors (Lipinski definition) is 0. The lowest BCUT2D eigenvalue weighted by molar-refractivity contribution is 0.415. The zero-order chi connectivity index (χ0) is 14.8. The average molecular weight is 300 g/mol. The number of ether oxygens (including phenoxy) is 2. The Balaban J connectivity index is 2.09. The lowest BCUT2D eigenvalue weighted by Gasteiger charge is -2.07. The van der Waals surface area contributed by atoms with Gasteiger partial charge in [0.1, 0.15) is 11.5 Å². The molecule has 2 aromatic carbocycles. The molecule has 0 saturated heterocycles. The maximum absolute atomic E-state index is 6.17. The Bertz CT molecular complexity index is 802. The predicted molar refractivity (Wildman–Crippen MR) is 85.3 cm³/mol. The quantitative estimate of drug-likeness (QED) is 0.710. The number of benzene rings is 2. The van der Waals surface area contributed by atoms with E-state index in [0.29, 0.717) is 10.8 Å². The van der Waals surface area contributed by atoms with E-state index in [9.17, 15) is 0 Å². The van der Waals surface area contributed by atoms with Gasteiger partial charge in [-0.05, 0) is 47.9 Å². The first-order valence-corrected chi connectivity index (χ1v) is 6.87. The minimum atomic E-state index is 0.572. The van der Waals surface area contributed by atoms with Crippen molar-refractivity contribution in [2.24, 2.45) is 0 Å². The lowest BCUT2D eigenvalue weighted by atomic mass is 10.1. The van der Waals surface area contributed by atoms with Crippen molar-refractivity contribution < 1.29 is 9.47 Å². The smallest absolute Gasteiger partial charge is 0.137 e. The van der Waals surface area contributed by atoms with Crippen LogP contribution < -0.4 is 9.47 Å². The second-order valence-electron chi connectivity index (χ2n) is 4.63. The molecule has 0 atom stereocenters. The van der Waals surface area contributed by atoms with E-state index >= 15 is 0 Å². The predicted octanol–water partition coefficient (Wildman–Crippen LogP) is 4.57. The summed E-state index contributed by atoms with van der Waals surface area (Å²) in [6, 6.07) is 13.6. The number of aromatic nitrogens is 1. The van der Waals surface area contributed by atoms with Crippen molar-refractivity contribution in [3.63, 3.8) is 0 Å². The molecule has 0 spiro atoms. The van der Waals surface area contributed by atoms with E-state index in [1.807, 2.05) is 48.7 Å². The molecule has 0 aliphatic heterocycles. The van der Waals surface area contributed by atoms with Crippen molar-refractivity contribution in [3.8, 4) is 22.8 Å². The molecule has 0 amide bonds. The summed E-state index contributed by atoms with van der Waals surface area (Å²) < 4.78 is 10.4. The fraction of sp³-hybridized carbons (Fsp3) is 0.118.